The van der Waals surface area contributed by atoms with Crippen LogP contribution in [0.25, 0.3) is 16.6 Å². The van der Waals surface area contributed by atoms with Gasteiger partial charge in [0.15, 0.2) is 5.82 Å². The van der Waals surface area contributed by atoms with Crippen molar-refractivity contribution in [2.24, 2.45) is 0 Å². The van der Waals surface area contributed by atoms with Crippen LogP contribution >= 0.6 is 0 Å². The summed E-state index contributed by atoms with van der Waals surface area (Å²) < 4.78 is 7.85. The van der Waals surface area contributed by atoms with Crippen molar-refractivity contribution < 1.29 is 9.53 Å². The van der Waals surface area contributed by atoms with Gasteiger partial charge in [0.2, 0.25) is 5.91 Å². The molecule has 2 fully saturated rings. The van der Waals surface area contributed by atoms with Crippen LogP contribution in [0.2, 0.25) is 0 Å². The molecule has 194 valence electrons. The maximum atomic E-state index is 13.0. The molecule has 2 aromatic heterocycles. The highest BCUT2D eigenvalue weighted by atomic mass is 16.5. The van der Waals surface area contributed by atoms with Gasteiger partial charge >= 0.3 is 0 Å². The smallest absolute Gasteiger partial charge is 0.274 e. The Morgan fingerprint density at radius 1 is 1.08 bits per heavy atom. The zero-order chi connectivity index (χ0) is 26.1. The lowest BCUT2D eigenvalue weighted by Gasteiger charge is -2.32. The van der Waals surface area contributed by atoms with Gasteiger partial charge in [-0.15, -0.1) is 0 Å². The minimum atomic E-state index is -0.286. The van der Waals surface area contributed by atoms with Crippen molar-refractivity contribution in [1.29, 1.82) is 0 Å². The molecule has 38 heavy (non-hydrogen) atoms. The van der Waals surface area contributed by atoms with E-state index in [1.807, 2.05) is 76.3 Å². The molecule has 1 amide bonds. The van der Waals surface area contributed by atoms with Crippen LogP contribution in [0.1, 0.15) is 30.7 Å². The lowest BCUT2D eigenvalue weighted by atomic mass is 9.90. The quantitative estimate of drug-likeness (QED) is 0.340. The molecule has 4 heterocycles. The first-order valence-electron chi connectivity index (χ1n) is 13.0. The molecule has 2 unspecified atom stereocenters. The molecule has 9 heteroatoms. The van der Waals surface area contributed by atoms with E-state index in [9.17, 15) is 9.59 Å². The average Bonchev–Trinajstić information content (AvgIpc) is 3.33. The largest absolute Gasteiger partial charge is 0.457 e. The molecule has 4 aromatic rings. The van der Waals surface area contributed by atoms with Gasteiger partial charge in [-0.05, 0) is 67.8 Å². The monoisotopic (exact) mass is 510 g/mol. The molecule has 0 spiro atoms. The number of aromatic amines is 1. The van der Waals surface area contributed by atoms with E-state index in [4.69, 9.17) is 10.5 Å². The second-order valence-corrected chi connectivity index (χ2v) is 9.86. The molecule has 2 aliphatic heterocycles. The first kappa shape index (κ1) is 24.0. The average molecular weight is 511 g/mol. The Morgan fingerprint density at radius 3 is 2.58 bits per heavy atom. The second-order valence-electron chi connectivity index (χ2n) is 9.86. The molecular formula is C29H30N6O3. The van der Waals surface area contributed by atoms with Crippen molar-refractivity contribution >= 4 is 22.6 Å². The summed E-state index contributed by atoms with van der Waals surface area (Å²) in [7, 11) is 0. The van der Waals surface area contributed by atoms with Gasteiger partial charge in [0, 0.05) is 43.0 Å². The SMILES string of the molecule is Nc1n[nH]c(=O)c2c(C3CCCN(C(=O)/C=C/C4CCN4)C3)cn(-c3ccc(Oc4ccccc4)cc3)c12. The second kappa shape index (κ2) is 10.2. The Balaban J connectivity index is 1.31. The fourth-order valence-electron chi connectivity index (χ4n) is 5.26. The highest BCUT2D eigenvalue weighted by Crippen LogP contribution is 2.35. The van der Waals surface area contributed by atoms with E-state index in [-0.39, 0.29) is 29.2 Å². The minimum absolute atomic E-state index is 0.00950. The predicted molar refractivity (Wildman–Crippen MR) is 147 cm³/mol. The van der Waals surface area contributed by atoms with Crippen LogP contribution < -0.4 is 21.3 Å². The summed E-state index contributed by atoms with van der Waals surface area (Å²) in [5, 5.41) is 10.4. The molecule has 0 radical (unpaired) electrons. The number of nitrogens with one attached hydrogen (secondary N) is 2. The molecule has 6 rings (SSSR count). The number of fused-ring (bicyclic) bond motifs is 1. The first-order valence-corrected chi connectivity index (χ1v) is 13.0. The number of para-hydroxylation sites is 1. The Morgan fingerprint density at radius 2 is 1.84 bits per heavy atom. The number of carbonyl (C=O) groups excluding carboxylic acids is 1. The number of aromatic nitrogens is 3. The number of carbonyl (C=O) groups is 1. The summed E-state index contributed by atoms with van der Waals surface area (Å²) in [6, 6.07) is 17.5. The van der Waals surface area contributed by atoms with Gasteiger partial charge in [0.1, 0.15) is 17.0 Å². The number of H-pyrrole nitrogens is 1. The number of anilines is 1. The number of likely N-dealkylation sites (tertiary alicyclic amines) is 1. The number of benzene rings is 2. The minimum Gasteiger partial charge on any atom is -0.457 e. The Kier molecular flexibility index (Phi) is 6.43. The third kappa shape index (κ3) is 4.68. The molecule has 0 saturated carbocycles. The normalized spacial score (nSPS) is 19.5. The summed E-state index contributed by atoms with van der Waals surface area (Å²) in [5.41, 5.74) is 8.29. The molecule has 0 bridgehead atoms. The molecule has 4 N–H and O–H groups in total. The highest BCUT2D eigenvalue weighted by molar-refractivity contribution is 5.92. The van der Waals surface area contributed by atoms with Crippen LogP contribution in [0, 0.1) is 0 Å². The number of amides is 1. The van der Waals surface area contributed by atoms with Gasteiger partial charge in [0.25, 0.3) is 5.56 Å². The molecular weight excluding hydrogens is 480 g/mol. The molecule has 2 atom stereocenters. The zero-order valence-electron chi connectivity index (χ0n) is 21.0. The van der Waals surface area contributed by atoms with E-state index in [1.165, 1.54) is 0 Å². The van der Waals surface area contributed by atoms with Crippen molar-refractivity contribution in [3.05, 3.63) is 88.9 Å². The first-order chi connectivity index (χ1) is 18.6. The van der Waals surface area contributed by atoms with Gasteiger partial charge < -0.3 is 25.3 Å². The van der Waals surface area contributed by atoms with Crippen molar-refractivity contribution in [1.82, 2.24) is 25.0 Å². The topological polar surface area (TPSA) is 118 Å². The summed E-state index contributed by atoms with van der Waals surface area (Å²) >= 11 is 0. The summed E-state index contributed by atoms with van der Waals surface area (Å²) in [5.74, 6) is 1.72. The van der Waals surface area contributed by atoms with Crippen molar-refractivity contribution in [2.45, 2.75) is 31.2 Å². The van der Waals surface area contributed by atoms with Crippen LogP contribution in [-0.2, 0) is 4.79 Å². The van der Waals surface area contributed by atoms with Crippen LogP contribution in [0.15, 0.2) is 77.7 Å². The van der Waals surface area contributed by atoms with Crippen LogP contribution in [-0.4, -0.2) is 51.2 Å². The third-order valence-corrected chi connectivity index (χ3v) is 7.38. The van der Waals surface area contributed by atoms with Crippen LogP contribution in [0.4, 0.5) is 5.82 Å². The number of hydrogen-bond acceptors (Lipinski definition) is 6. The van der Waals surface area contributed by atoms with E-state index < -0.39 is 0 Å². The third-order valence-electron chi connectivity index (χ3n) is 7.38. The van der Waals surface area contributed by atoms with Crippen molar-refractivity contribution in [3.8, 4) is 17.2 Å². The lowest BCUT2D eigenvalue weighted by molar-refractivity contribution is -0.127. The van der Waals surface area contributed by atoms with E-state index >= 15 is 0 Å². The van der Waals surface area contributed by atoms with E-state index in [1.54, 1.807) is 6.08 Å². The number of nitrogens with two attached hydrogens (primary N) is 1. The lowest BCUT2D eigenvalue weighted by Crippen LogP contribution is -2.42. The Labute approximate surface area is 219 Å². The number of hydrogen-bond donors (Lipinski definition) is 3. The number of nitrogen functional groups attached to an aromatic ring is 1. The fraction of sp³-hybridized carbons (Fsp3) is 0.276. The Bertz CT molecular complexity index is 1540. The van der Waals surface area contributed by atoms with Gasteiger partial charge in [-0.1, -0.05) is 24.3 Å². The summed E-state index contributed by atoms with van der Waals surface area (Å²) in [6.45, 7) is 2.25. The number of nitrogens with zero attached hydrogens (tertiary/aromatic N) is 3. The van der Waals surface area contributed by atoms with Gasteiger partial charge in [0.05, 0.1) is 5.39 Å². The predicted octanol–water partition coefficient (Wildman–Crippen LogP) is 3.71. The summed E-state index contributed by atoms with van der Waals surface area (Å²) in [4.78, 5) is 27.8. The standard InChI is InChI=1S/C29H30N6O3/c30-28-27-26(29(37)33-32-28)24(19-5-4-16-34(17-19)25(36)13-8-20-14-15-31-20)18-35(27)21-9-11-23(12-10-21)38-22-6-2-1-3-7-22/h1-3,6-13,18-20,31H,4-5,14-17H2,(H2,30,32)(H,33,37)/b13-8+. The molecule has 2 saturated heterocycles. The van der Waals surface area contributed by atoms with Crippen molar-refractivity contribution in [3.63, 3.8) is 0 Å². The van der Waals surface area contributed by atoms with Crippen LogP contribution in [0.5, 0.6) is 11.5 Å². The molecule has 2 aromatic carbocycles. The van der Waals surface area contributed by atoms with E-state index in [0.29, 0.717) is 29.7 Å². The molecule has 9 nitrogen and oxygen atoms in total. The zero-order valence-corrected chi connectivity index (χ0v) is 21.0. The van der Waals surface area contributed by atoms with Crippen LogP contribution in [0.3, 0.4) is 0 Å². The fourth-order valence-corrected chi connectivity index (χ4v) is 5.26. The van der Waals surface area contributed by atoms with Gasteiger partial charge in [-0.25, -0.2) is 5.10 Å². The maximum Gasteiger partial charge on any atom is 0.274 e. The van der Waals surface area contributed by atoms with Gasteiger partial charge in [-0.3, -0.25) is 9.59 Å². The van der Waals surface area contributed by atoms with Gasteiger partial charge in [-0.2, -0.15) is 5.10 Å². The Hall–Kier alpha value is -4.37. The van der Waals surface area contributed by atoms with Crippen molar-refractivity contribution in [2.75, 3.05) is 25.4 Å². The molecule has 0 aliphatic carbocycles. The number of piperidine rings is 1. The maximum absolute atomic E-state index is 13.0. The summed E-state index contributed by atoms with van der Waals surface area (Å²) in [6.07, 6.45) is 8.39. The van der Waals surface area contributed by atoms with E-state index in [2.05, 4.69) is 15.5 Å². The highest BCUT2D eigenvalue weighted by Gasteiger charge is 2.29. The van der Waals surface area contributed by atoms with E-state index in [0.717, 1.165) is 42.8 Å². The number of rotatable bonds is 6. The molecule has 2 aliphatic rings. The number of ether oxygens (including phenoxy) is 1.